The van der Waals surface area contributed by atoms with Gasteiger partial charge in [0.1, 0.15) is 11.3 Å². The Labute approximate surface area is 106 Å². The molecule has 0 radical (unpaired) electrons. The van der Waals surface area contributed by atoms with Crippen LogP contribution in [0.4, 0.5) is 5.69 Å². The molecule has 0 bridgehead atoms. The van der Waals surface area contributed by atoms with E-state index in [9.17, 15) is 14.7 Å². The number of aromatic nitrogens is 2. The summed E-state index contributed by atoms with van der Waals surface area (Å²) in [7, 11) is 0. The van der Waals surface area contributed by atoms with E-state index in [2.05, 4.69) is 22.1 Å². The summed E-state index contributed by atoms with van der Waals surface area (Å²) < 4.78 is 0. The molecule has 2 aromatic rings. The second-order valence-corrected chi connectivity index (χ2v) is 3.80. The lowest BCUT2D eigenvalue weighted by atomic mass is 10.2. The number of carboxylic acids is 1. The first-order valence-electron chi connectivity index (χ1n) is 5.27. The average Bonchev–Trinajstić information content (AvgIpc) is 2.68. The highest BCUT2D eigenvalue weighted by molar-refractivity contribution is 5.92. The van der Waals surface area contributed by atoms with E-state index in [0.717, 1.165) is 0 Å². The Kier molecular flexibility index (Phi) is 3.11. The van der Waals surface area contributed by atoms with Crippen LogP contribution in [0.25, 0.3) is 12.8 Å². The molecule has 0 aliphatic rings. The lowest BCUT2D eigenvalue weighted by molar-refractivity contribution is 0.0694. The van der Waals surface area contributed by atoms with Crippen LogP contribution in [0, 0.1) is 0 Å². The van der Waals surface area contributed by atoms with Gasteiger partial charge < -0.3 is 15.5 Å². The van der Waals surface area contributed by atoms with Crippen LogP contribution >= 0.6 is 0 Å². The summed E-state index contributed by atoms with van der Waals surface area (Å²) in [6.07, 6.45) is 1.40. The van der Waals surface area contributed by atoms with E-state index in [-0.39, 0.29) is 16.9 Å². The fraction of sp³-hybridized carbons (Fsp3) is 0. The molecule has 0 unspecified atom stereocenters. The number of nitrogens with one attached hydrogen (secondary N) is 3. The monoisotopic (exact) mass is 261 g/mol. The van der Waals surface area contributed by atoms with Gasteiger partial charge in [-0.2, -0.15) is 0 Å². The van der Waals surface area contributed by atoms with Gasteiger partial charge in [-0.25, -0.2) is 4.79 Å². The second-order valence-electron chi connectivity index (χ2n) is 3.80. The highest BCUT2D eigenvalue weighted by Crippen LogP contribution is 2.21. The maximum absolute atomic E-state index is 11.4. The fourth-order valence-corrected chi connectivity index (χ4v) is 1.51. The molecule has 0 amide bonds. The number of benzene rings is 1. The van der Waals surface area contributed by atoms with E-state index in [1.807, 2.05) is 0 Å². The topological polar surface area (TPSA) is 118 Å². The van der Waals surface area contributed by atoms with E-state index >= 15 is 0 Å². The number of rotatable bonds is 3. The molecule has 1 aromatic heterocycles. The zero-order valence-corrected chi connectivity index (χ0v) is 9.73. The molecule has 0 fully saturated rings. The fourth-order valence-electron chi connectivity index (χ4n) is 1.51. The van der Waals surface area contributed by atoms with Gasteiger partial charge in [-0.05, 0) is 18.2 Å². The Morgan fingerprint density at radius 2 is 2.11 bits per heavy atom. The summed E-state index contributed by atoms with van der Waals surface area (Å²) in [5, 5.41) is 26.6. The molecular formula is C12H11N3O4. The molecule has 0 atom stereocenters. The minimum Gasteiger partial charge on any atom is -0.507 e. The van der Waals surface area contributed by atoms with Gasteiger partial charge >= 0.3 is 5.97 Å². The molecule has 1 aromatic carbocycles. The number of anilines is 1. The summed E-state index contributed by atoms with van der Waals surface area (Å²) in [6, 6.07) is 4.01. The first-order chi connectivity index (χ1) is 8.99. The third-order valence-corrected chi connectivity index (χ3v) is 2.51. The summed E-state index contributed by atoms with van der Waals surface area (Å²) in [4.78, 5) is 22.2. The molecule has 0 saturated heterocycles. The lowest BCUT2D eigenvalue weighted by Crippen LogP contribution is -2.33. The Morgan fingerprint density at radius 3 is 2.68 bits per heavy atom. The van der Waals surface area contributed by atoms with Crippen LogP contribution < -0.4 is 21.4 Å². The van der Waals surface area contributed by atoms with Gasteiger partial charge in [0, 0.05) is 11.9 Å². The number of aromatic carboxylic acids is 1. The number of H-pyrrole nitrogens is 2. The third-order valence-electron chi connectivity index (χ3n) is 2.51. The minimum absolute atomic E-state index is 0.226. The molecule has 0 spiro atoms. The van der Waals surface area contributed by atoms with Crippen molar-refractivity contribution in [1.29, 1.82) is 0 Å². The van der Waals surface area contributed by atoms with Crippen LogP contribution in [0.1, 0.15) is 10.4 Å². The van der Waals surface area contributed by atoms with Crippen LogP contribution in [0.3, 0.4) is 0 Å². The van der Waals surface area contributed by atoms with E-state index < -0.39 is 5.97 Å². The predicted molar refractivity (Wildman–Crippen MR) is 69.3 cm³/mol. The number of carbonyl (C=O) groups is 1. The first kappa shape index (κ1) is 12.5. The number of aromatic hydroxyl groups is 1. The van der Waals surface area contributed by atoms with E-state index in [1.165, 1.54) is 24.4 Å². The normalized spacial score (nSPS) is 11.5. The smallest absolute Gasteiger partial charge is 0.339 e. The lowest BCUT2D eigenvalue weighted by Gasteiger charge is -2.03. The van der Waals surface area contributed by atoms with Gasteiger partial charge in [0.2, 0.25) is 0 Å². The summed E-state index contributed by atoms with van der Waals surface area (Å²) >= 11 is 0. The van der Waals surface area contributed by atoms with Crippen molar-refractivity contribution in [2.24, 2.45) is 0 Å². The number of aromatic amines is 2. The quantitative estimate of drug-likeness (QED) is 0.471. The molecule has 0 saturated carbocycles. The van der Waals surface area contributed by atoms with Crippen molar-refractivity contribution in [2.75, 3.05) is 5.32 Å². The standard InChI is InChI=1S/C12H11N3O4/c1-6-9(11(17)15-14-6)5-13-7-2-3-10(16)8(4-7)12(18)19/h2-5,13-14,16H,1H2,(H,15,17)(H,18,19)/b9-5-. The van der Waals surface area contributed by atoms with Gasteiger partial charge in [-0.1, -0.05) is 6.58 Å². The van der Waals surface area contributed by atoms with Crippen molar-refractivity contribution in [3.05, 3.63) is 44.7 Å². The summed E-state index contributed by atoms with van der Waals surface area (Å²) in [6.45, 7) is 3.62. The van der Waals surface area contributed by atoms with Crippen LogP contribution in [-0.4, -0.2) is 26.4 Å². The van der Waals surface area contributed by atoms with Crippen molar-refractivity contribution >= 4 is 24.4 Å². The molecule has 1 heterocycles. The van der Waals surface area contributed by atoms with Crippen LogP contribution in [0.2, 0.25) is 0 Å². The zero-order valence-electron chi connectivity index (χ0n) is 9.73. The molecule has 7 nitrogen and oxygen atoms in total. The summed E-state index contributed by atoms with van der Waals surface area (Å²) in [5.74, 6) is -1.56. The third kappa shape index (κ3) is 2.49. The van der Waals surface area contributed by atoms with Crippen LogP contribution in [0.15, 0.2) is 23.0 Å². The summed E-state index contributed by atoms with van der Waals surface area (Å²) in [5.41, 5.74) is -0.138. The zero-order chi connectivity index (χ0) is 14.0. The highest BCUT2D eigenvalue weighted by atomic mass is 16.4. The van der Waals surface area contributed by atoms with Crippen molar-refractivity contribution < 1.29 is 15.0 Å². The molecule has 5 N–H and O–H groups in total. The van der Waals surface area contributed by atoms with Gasteiger partial charge in [0.15, 0.2) is 0 Å². The Bertz CT molecular complexity index is 758. The molecular weight excluding hydrogens is 250 g/mol. The highest BCUT2D eigenvalue weighted by Gasteiger charge is 2.09. The molecule has 19 heavy (non-hydrogen) atoms. The van der Waals surface area contributed by atoms with Crippen molar-refractivity contribution in [2.45, 2.75) is 0 Å². The number of phenols is 1. The predicted octanol–water partition coefficient (Wildman–Crippen LogP) is -0.633. The second kappa shape index (κ2) is 4.73. The van der Waals surface area contributed by atoms with Crippen molar-refractivity contribution in [3.63, 3.8) is 0 Å². The Morgan fingerprint density at radius 1 is 1.37 bits per heavy atom. The largest absolute Gasteiger partial charge is 0.507 e. The Balaban J connectivity index is 2.38. The van der Waals surface area contributed by atoms with Crippen LogP contribution in [-0.2, 0) is 0 Å². The number of hydrogen-bond donors (Lipinski definition) is 5. The van der Waals surface area contributed by atoms with Gasteiger partial charge in [0.25, 0.3) is 5.56 Å². The average molecular weight is 261 g/mol. The van der Waals surface area contributed by atoms with Crippen molar-refractivity contribution in [1.82, 2.24) is 10.2 Å². The SMILES string of the molecule is C=c1[nH][nH]c(=O)/c1=C\Nc1ccc(O)c(C(=O)O)c1. The van der Waals surface area contributed by atoms with E-state index in [0.29, 0.717) is 16.3 Å². The maximum Gasteiger partial charge on any atom is 0.339 e. The first-order valence-corrected chi connectivity index (χ1v) is 5.27. The minimum atomic E-state index is -1.24. The Hall–Kier alpha value is -2.96. The van der Waals surface area contributed by atoms with E-state index in [1.54, 1.807) is 0 Å². The molecule has 2 rings (SSSR count). The number of hydrogen-bond acceptors (Lipinski definition) is 4. The van der Waals surface area contributed by atoms with Gasteiger partial charge in [0.05, 0.1) is 10.6 Å². The van der Waals surface area contributed by atoms with E-state index in [4.69, 9.17) is 5.11 Å². The molecule has 0 aliphatic heterocycles. The molecule has 98 valence electrons. The molecule has 0 aliphatic carbocycles. The van der Waals surface area contributed by atoms with Crippen LogP contribution in [0.5, 0.6) is 5.75 Å². The molecule has 7 heteroatoms. The number of carboxylic acid groups (broad SMARTS) is 1. The maximum atomic E-state index is 11.4. The van der Waals surface area contributed by atoms with Gasteiger partial charge in [-0.15, -0.1) is 0 Å². The van der Waals surface area contributed by atoms with Gasteiger partial charge in [-0.3, -0.25) is 15.0 Å². The van der Waals surface area contributed by atoms with Crippen molar-refractivity contribution in [3.8, 4) is 5.75 Å².